The van der Waals surface area contributed by atoms with E-state index in [-0.39, 0.29) is 11.9 Å². The number of nitrogens with one attached hydrogen (secondary N) is 2. The average Bonchev–Trinajstić information content (AvgIpc) is 3.26. The zero-order chi connectivity index (χ0) is 15.5. The second-order valence-electron chi connectivity index (χ2n) is 5.85. The number of amides is 4. The van der Waals surface area contributed by atoms with E-state index >= 15 is 0 Å². The van der Waals surface area contributed by atoms with Gasteiger partial charge < -0.3 is 16.0 Å². The van der Waals surface area contributed by atoms with Gasteiger partial charge in [-0.25, -0.2) is 9.59 Å². The third kappa shape index (κ3) is 3.85. The molecule has 9 heteroatoms. The molecule has 1 aromatic heterocycles. The standard InChI is InChI=1S/C13H20N6O2S/c14-11(20)15-6-8-2-1-5-19(7-8)13(21)16-12-18-17-10(22-12)9-3-4-9/h8-9H,1-7H2,(H3,14,15,20)(H,16,18,21)/t8-/m1/s1. The van der Waals surface area contributed by atoms with Crippen molar-refractivity contribution < 1.29 is 9.59 Å². The molecule has 1 saturated heterocycles. The van der Waals surface area contributed by atoms with E-state index < -0.39 is 6.03 Å². The highest BCUT2D eigenvalue weighted by atomic mass is 32.1. The number of piperidine rings is 1. The normalized spacial score (nSPS) is 21.5. The van der Waals surface area contributed by atoms with Gasteiger partial charge in [-0.2, -0.15) is 0 Å². The summed E-state index contributed by atoms with van der Waals surface area (Å²) in [4.78, 5) is 24.8. The molecule has 0 aromatic carbocycles. The maximum absolute atomic E-state index is 12.3. The molecule has 2 fully saturated rings. The number of hydrogen-bond donors (Lipinski definition) is 3. The first-order chi connectivity index (χ1) is 10.6. The highest BCUT2D eigenvalue weighted by Crippen LogP contribution is 2.42. The van der Waals surface area contributed by atoms with Gasteiger partial charge in [0, 0.05) is 25.6 Å². The van der Waals surface area contributed by atoms with Gasteiger partial charge in [-0.15, -0.1) is 10.2 Å². The number of carbonyl (C=O) groups is 2. The monoisotopic (exact) mass is 324 g/mol. The van der Waals surface area contributed by atoms with Crippen molar-refractivity contribution in [3.8, 4) is 0 Å². The van der Waals surface area contributed by atoms with Crippen LogP contribution in [0.25, 0.3) is 0 Å². The molecule has 1 aliphatic heterocycles. The fourth-order valence-corrected chi connectivity index (χ4v) is 3.51. The molecular formula is C13H20N6O2S. The first kappa shape index (κ1) is 15.0. The summed E-state index contributed by atoms with van der Waals surface area (Å²) in [6.07, 6.45) is 4.24. The number of anilines is 1. The van der Waals surface area contributed by atoms with Gasteiger partial charge in [0.15, 0.2) is 0 Å². The SMILES string of the molecule is NC(=O)NC[C@H]1CCCN(C(=O)Nc2nnc(C3CC3)s2)C1. The summed E-state index contributed by atoms with van der Waals surface area (Å²) in [6.45, 7) is 1.83. The molecule has 1 aliphatic carbocycles. The molecule has 4 N–H and O–H groups in total. The largest absolute Gasteiger partial charge is 0.352 e. The lowest BCUT2D eigenvalue weighted by Gasteiger charge is -2.32. The van der Waals surface area contributed by atoms with E-state index in [1.165, 1.54) is 24.2 Å². The summed E-state index contributed by atoms with van der Waals surface area (Å²) >= 11 is 1.46. The van der Waals surface area contributed by atoms with Crippen LogP contribution in [0.15, 0.2) is 0 Å². The highest BCUT2D eigenvalue weighted by Gasteiger charge is 2.28. The lowest BCUT2D eigenvalue weighted by molar-refractivity contribution is 0.176. The molecule has 1 aromatic rings. The Bertz CT molecular complexity index is 558. The van der Waals surface area contributed by atoms with Gasteiger partial charge in [0.2, 0.25) is 5.13 Å². The van der Waals surface area contributed by atoms with Crippen molar-refractivity contribution in [3.05, 3.63) is 5.01 Å². The van der Waals surface area contributed by atoms with Crippen molar-refractivity contribution in [2.75, 3.05) is 25.0 Å². The maximum atomic E-state index is 12.3. The van der Waals surface area contributed by atoms with Crippen molar-refractivity contribution in [3.63, 3.8) is 0 Å². The van der Waals surface area contributed by atoms with Gasteiger partial charge >= 0.3 is 12.1 Å². The second kappa shape index (κ2) is 6.47. The van der Waals surface area contributed by atoms with Crippen molar-refractivity contribution >= 4 is 28.5 Å². The van der Waals surface area contributed by atoms with Crippen LogP contribution < -0.4 is 16.4 Å². The number of carbonyl (C=O) groups excluding carboxylic acids is 2. The summed E-state index contributed by atoms with van der Waals surface area (Å²) in [5.74, 6) is 0.783. The van der Waals surface area contributed by atoms with Crippen LogP contribution in [0.4, 0.5) is 14.7 Å². The van der Waals surface area contributed by atoms with Crippen LogP contribution in [0.1, 0.15) is 36.6 Å². The summed E-state index contributed by atoms with van der Waals surface area (Å²) in [5.41, 5.74) is 5.08. The number of aromatic nitrogens is 2. The summed E-state index contributed by atoms with van der Waals surface area (Å²) in [7, 11) is 0. The first-order valence-electron chi connectivity index (χ1n) is 7.54. The molecule has 8 nitrogen and oxygen atoms in total. The number of rotatable bonds is 4. The topological polar surface area (TPSA) is 113 Å². The highest BCUT2D eigenvalue weighted by molar-refractivity contribution is 7.15. The Labute approximate surface area is 132 Å². The number of likely N-dealkylation sites (tertiary alicyclic amines) is 1. The van der Waals surface area contributed by atoms with Crippen molar-refractivity contribution in [2.24, 2.45) is 11.7 Å². The molecule has 2 aliphatic rings. The van der Waals surface area contributed by atoms with E-state index in [9.17, 15) is 9.59 Å². The van der Waals surface area contributed by atoms with Crippen LogP contribution in [0, 0.1) is 5.92 Å². The number of urea groups is 2. The Morgan fingerprint density at radius 1 is 1.32 bits per heavy atom. The molecule has 120 valence electrons. The fourth-order valence-electron chi connectivity index (χ4n) is 2.61. The Morgan fingerprint density at radius 3 is 2.86 bits per heavy atom. The van der Waals surface area contributed by atoms with E-state index in [4.69, 9.17) is 5.73 Å². The van der Waals surface area contributed by atoms with Gasteiger partial charge in [-0.1, -0.05) is 11.3 Å². The van der Waals surface area contributed by atoms with Crippen LogP contribution in [-0.4, -0.2) is 46.8 Å². The predicted octanol–water partition coefficient (Wildman–Crippen LogP) is 1.33. The quantitative estimate of drug-likeness (QED) is 0.775. The second-order valence-corrected chi connectivity index (χ2v) is 6.86. The van der Waals surface area contributed by atoms with E-state index in [0.717, 1.165) is 17.8 Å². The van der Waals surface area contributed by atoms with Gasteiger partial charge in [-0.05, 0) is 31.6 Å². The molecule has 2 heterocycles. The Balaban J connectivity index is 1.50. The van der Waals surface area contributed by atoms with Gasteiger partial charge in [0.05, 0.1) is 0 Å². The summed E-state index contributed by atoms with van der Waals surface area (Å²) in [5, 5.41) is 15.1. The smallest absolute Gasteiger partial charge is 0.323 e. The minimum Gasteiger partial charge on any atom is -0.352 e. The predicted molar refractivity (Wildman–Crippen MR) is 82.8 cm³/mol. The maximum Gasteiger partial charge on any atom is 0.323 e. The summed E-state index contributed by atoms with van der Waals surface area (Å²) < 4.78 is 0. The lowest BCUT2D eigenvalue weighted by Crippen LogP contribution is -2.46. The first-order valence-corrected chi connectivity index (χ1v) is 8.36. The molecule has 22 heavy (non-hydrogen) atoms. The van der Waals surface area contributed by atoms with E-state index in [2.05, 4.69) is 20.8 Å². The minimum atomic E-state index is -0.525. The zero-order valence-corrected chi connectivity index (χ0v) is 13.1. The van der Waals surface area contributed by atoms with Crippen LogP contribution in [0.5, 0.6) is 0 Å². The molecule has 0 bridgehead atoms. The molecule has 3 rings (SSSR count). The molecular weight excluding hydrogens is 304 g/mol. The van der Waals surface area contributed by atoms with E-state index in [0.29, 0.717) is 30.7 Å². The minimum absolute atomic E-state index is 0.151. The third-order valence-corrected chi connectivity index (χ3v) is 4.95. The Morgan fingerprint density at radius 2 is 2.14 bits per heavy atom. The molecule has 1 atom stereocenters. The van der Waals surface area contributed by atoms with Crippen LogP contribution in [-0.2, 0) is 0 Å². The third-order valence-electron chi connectivity index (χ3n) is 3.95. The van der Waals surface area contributed by atoms with Gasteiger partial charge in [0.25, 0.3) is 0 Å². The molecule has 0 radical (unpaired) electrons. The van der Waals surface area contributed by atoms with Crippen molar-refractivity contribution in [2.45, 2.75) is 31.6 Å². The Hall–Kier alpha value is -1.90. The fraction of sp³-hybridized carbons (Fsp3) is 0.692. The zero-order valence-electron chi connectivity index (χ0n) is 12.2. The van der Waals surface area contributed by atoms with Crippen molar-refractivity contribution in [1.29, 1.82) is 0 Å². The number of nitrogens with two attached hydrogens (primary N) is 1. The number of primary amides is 1. The van der Waals surface area contributed by atoms with Crippen LogP contribution in [0.3, 0.4) is 0 Å². The Kier molecular flexibility index (Phi) is 4.41. The van der Waals surface area contributed by atoms with E-state index in [1.807, 2.05) is 0 Å². The molecule has 4 amide bonds. The molecule has 0 unspecified atom stereocenters. The van der Waals surface area contributed by atoms with Gasteiger partial charge in [-0.3, -0.25) is 5.32 Å². The summed E-state index contributed by atoms with van der Waals surface area (Å²) in [6, 6.07) is -0.676. The lowest BCUT2D eigenvalue weighted by atomic mass is 9.98. The number of hydrogen-bond acceptors (Lipinski definition) is 5. The molecule has 1 saturated carbocycles. The van der Waals surface area contributed by atoms with Crippen LogP contribution >= 0.6 is 11.3 Å². The average molecular weight is 324 g/mol. The molecule has 0 spiro atoms. The van der Waals surface area contributed by atoms with Crippen LogP contribution in [0.2, 0.25) is 0 Å². The van der Waals surface area contributed by atoms with E-state index in [1.54, 1.807) is 4.90 Å². The van der Waals surface area contributed by atoms with Crippen molar-refractivity contribution in [1.82, 2.24) is 20.4 Å². The van der Waals surface area contributed by atoms with Gasteiger partial charge in [0.1, 0.15) is 5.01 Å². The number of nitrogens with zero attached hydrogens (tertiary/aromatic N) is 3.